The summed E-state index contributed by atoms with van der Waals surface area (Å²) < 4.78 is 11.6. The molecule has 4 heteroatoms. The molecule has 0 bridgehead atoms. The first-order chi connectivity index (χ1) is 36.1. The number of hydrogen-bond acceptors (Lipinski definition) is 4. The van der Waals surface area contributed by atoms with Crippen LogP contribution in [0.25, 0.3) is 76.8 Å². The van der Waals surface area contributed by atoms with E-state index in [9.17, 15) is 0 Å². The minimum absolute atomic E-state index is 0.0435. The van der Waals surface area contributed by atoms with Crippen molar-refractivity contribution in [1.82, 2.24) is 0 Å². The lowest BCUT2D eigenvalue weighted by Crippen LogP contribution is -2.54. The van der Waals surface area contributed by atoms with Gasteiger partial charge in [0.2, 0.25) is 0 Å². The lowest BCUT2D eigenvalue weighted by atomic mass is 9.61. The molecule has 366 valence electrons. The Balaban J connectivity index is 1.03. The molecule has 4 atom stereocenters. The van der Waals surface area contributed by atoms with Crippen LogP contribution in [0, 0.1) is 0 Å². The van der Waals surface area contributed by atoms with Crippen molar-refractivity contribution in [1.29, 1.82) is 0 Å². The molecule has 0 amide bonds. The number of ether oxygens (including phenoxy) is 2. The molecule has 0 radical (unpaired) electrons. The van der Waals surface area contributed by atoms with E-state index in [-0.39, 0.29) is 21.9 Å². The monoisotopic (exact) mass is 964 g/mol. The first kappa shape index (κ1) is 45.1. The molecule has 0 aromatic heterocycles. The average Bonchev–Trinajstić information content (AvgIpc) is 3.81. The van der Waals surface area contributed by atoms with E-state index in [1.807, 2.05) is 0 Å². The quantitative estimate of drug-likeness (QED) is 0.142. The largest absolute Gasteiger partial charge is 0.497 e. The molecule has 74 heavy (non-hydrogen) atoms. The number of methoxy groups -OCH3 is 2. The molecular weight excluding hydrogens is 901 g/mol. The average molecular weight is 965 g/mol. The topological polar surface area (TPSA) is 24.9 Å². The summed E-state index contributed by atoms with van der Waals surface area (Å²) in [6, 6.07) is 69.2. The molecule has 2 saturated carbocycles. The highest BCUT2D eigenvalue weighted by atomic mass is 16.5. The fourth-order valence-corrected chi connectivity index (χ4v) is 15.3. The van der Waals surface area contributed by atoms with Crippen LogP contribution >= 0.6 is 0 Å². The Morgan fingerprint density at radius 3 is 1.12 bits per heavy atom. The molecule has 4 unspecified atom stereocenters. The van der Waals surface area contributed by atoms with Gasteiger partial charge in [-0.05, 0) is 188 Å². The Morgan fingerprint density at radius 2 is 0.730 bits per heavy atom. The van der Waals surface area contributed by atoms with Crippen LogP contribution in [0.15, 0.2) is 182 Å². The lowest BCUT2D eigenvalue weighted by Gasteiger charge is -2.50. The maximum Gasteiger partial charge on any atom is 0.120 e. The van der Waals surface area contributed by atoms with Crippen molar-refractivity contribution in [3.63, 3.8) is 0 Å². The van der Waals surface area contributed by atoms with Gasteiger partial charge in [-0.1, -0.05) is 149 Å². The van der Waals surface area contributed by atoms with Crippen molar-refractivity contribution < 1.29 is 9.47 Å². The minimum Gasteiger partial charge on any atom is -0.497 e. The van der Waals surface area contributed by atoms with E-state index < -0.39 is 0 Å². The molecule has 2 fully saturated rings. The van der Waals surface area contributed by atoms with Crippen LogP contribution in [0.1, 0.15) is 90.2 Å². The Bertz CT molecular complexity index is 3610. The number of hydrogen-bond donors (Lipinski definition) is 0. The predicted molar refractivity (Wildman–Crippen MR) is 311 cm³/mol. The fourth-order valence-electron chi connectivity index (χ4n) is 15.3. The second-order valence-electron chi connectivity index (χ2n) is 22.9. The zero-order valence-corrected chi connectivity index (χ0v) is 43.7. The normalized spacial score (nSPS) is 23.0. The summed E-state index contributed by atoms with van der Waals surface area (Å²) in [5.74, 6) is 1.78. The van der Waals surface area contributed by atoms with Gasteiger partial charge in [0.15, 0.2) is 0 Å². The van der Waals surface area contributed by atoms with Crippen LogP contribution in [-0.2, 0) is 10.8 Å². The highest BCUT2D eigenvalue weighted by Gasteiger charge is 2.59. The van der Waals surface area contributed by atoms with Crippen LogP contribution in [0.4, 0.5) is 22.7 Å². The molecule has 10 aromatic carbocycles. The van der Waals surface area contributed by atoms with Crippen LogP contribution in [-0.4, -0.2) is 25.3 Å². The van der Waals surface area contributed by atoms with Gasteiger partial charge < -0.3 is 19.3 Å². The van der Waals surface area contributed by atoms with E-state index in [0.717, 1.165) is 37.2 Å². The Hall–Kier alpha value is -7.56. The smallest absolute Gasteiger partial charge is 0.120 e. The van der Waals surface area contributed by atoms with Crippen molar-refractivity contribution in [3.05, 3.63) is 193 Å². The summed E-state index contributed by atoms with van der Waals surface area (Å²) in [7, 11) is 3.55. The molecule has 2 aliphatic carbocycles. The van der Waals surface area contributed by atoms with Crippen molar-refractivity contribution >= 4 is 55.1 Å². The van der Waals surface area contributed by atoms with Crippen LogP contribution < -0.4 is 19.3 Å². The molecule has 4 aliphatic rings. The van der Waals surface area contributed by atoms with E-state index in [1.54, 1.807) is 14.2 Å². The molecule has 0 spiro atoms. The molecular formula is C70H64N2O2. The third kappa shape index (κ3) is 6.21. The van der Waals surface area contributed by atoms with Gasteiger partial charge in [0.05, 0.1) is 25.3 Å². The first-order valence-corrected chi connectivity index (χ1v) is 27.1. The fraction of sp³-hybridized carbons (Fsp3) is 0.257. The van der Waals surface area contributed by atoms with Gasteiger partial charge in [0.1, 0.15) is 11.5 Å². The summed E-state index contributed by atoms with van der Waals surface area (Å²) in [6.07, 6.45) is 9.48. The summed E-state index contributed by atoms with van der Waals surface area (Å²) in [5.41, 5.74) is 17.8. The van der Waals surface area contributed by atoms with Gasteiger partial charge >= 0.3 is 0 Å². The highest BCUT2D eigenvalue weighted by molar-refractivity contribution is 6.32. The van der Waals surface area contributed by atoms with Crippen LogP contribution in [0.2, 0.25) is 0 Å². The van der Waals surface area contributed by atoms with Gasteiger partial charge in [-0.15, -0.1) is 0 Å². The predicted octanol–water partition coefficient (Wildman–Crippen LogP) is 18.8. The first-order valence-electron chi connectivity index (χ1n) is 27.1. The SMILES string of the molecule is COc1cccc(N2c3ccc(-c4cc(-c5ccccc5)c5ccc6c(-c7ccc8c(c7)C7(C)CCCCC7(C)N8c7cccc(OC)c7)cc(-c7ccccc7)c7ccc4c5c76)cc3C3(C)CCCCC23C)c1. The van der Waals surface area contributed by atoms with Crippen LogP contribution in [0.3, 0.4) is 0 Å². The number of nitrogens with zero attached hydrogens (tertiary/aromatic N) is 2. The van der Waals surface area contributed by atoms with Crippen molar-refractivity contribution in [3.8, 4) is 56.0 Å². The van der Waals surface area contributed by atoms with Crippen molar-refractivity contribution in [2.75, 3.05) is 24.0 Å². The minimum atomic E-state index is -0.0847. The van der Waals surface area contributed by atoms with E-state index in [4.69, 9.17) is 9.47 Å². The molecule has 0 N–H and O–H groups in total. The van der Waals surface area contributed by atoms with Gasteiger partial charge in [0, 0.05) is 45.7 Å². The van der Waals surface area contributed by atoms with E-state index >= 15 is 0 Å². The maximum atomic E-state index is 5.81. The van der Waals surface area contributed by atoms with Crippen molar-refractivity contribution in [2.45, 2.75) is 101 Å². The molecule has 2 aliphatic heterocycles. The number of rotatable bonds is 8. The van der Waals surface area contributed by atoms with Crippen molar-refractivity contribution in [2.24, 2.45) is 0 Å². The Morgan fingerprint density at radius 1 is 0.351 bits per heavy atom. The second-order valence-corrected chi connectivity index (χ2v) is 22.9. The summed E-state index contributed by atoms with van der Waals surface area (Å²) in [5, 5.41) is 7.83. The molecule has 2 heterocycles. The van der Waals surface area contributed by atoms with E-state index in [2.05, 4.69) is 219 Å². The van der Waals surface area contributed by atoms with Gasteiger partial charge in [-0.3, -0.25) is 0 Å². The molecule has 0 saturated heterocycles. The second kappa shape index (κ2) is 16.5. The molecule has 4 nitrogen and oxygen atoms in total. The summed E-state index contributed by atoms with van der Waals surface area (Å²) >= 11 is 0. The third-order valence-corrected chi connectivity index (χ3v) is 19.5. The lowest BCUT2D eigenvalue weighted by molar-refractivity contribution is 0.195. The van der Waals surface area contributed by atoms with E-state index in [0.29, 0.717) is 0 Å². The standard InChI is InChI=1S/C70H64N2O2/c1-67-35-13-15-37-69(67,3)71(49-23-17-25-51(41-49)73-5)63-33-27-47(39-61(63)67)59-43-57(45-19-9-7-10-20-45)53-30-32-56-60(44-58(46-21-11-8-12-22-46)54-29-31-55(59)65(53)66(54)56)48-28-34-64-62(40-48)68(2)36-14-16-38-70(68,4)72(64)50-24-18-26-52(42-50)74-6/h7-12,17-34,39-44H,13-16,35-38H2,1-6H3. The van der Waals surface area contributed by atoms with Gasteiger partial charge in [0.25, 0.3) is 0 Å². The number of benzene rings is 10. The highest BCUT2D eigenvalue weighted by Crippen LogP contribution is 2.64. The summed E-state index contributed by atoms with van der Waals surface area (Å²) in [4.78, 5) is 5.31. The maximum absolute atomic E-state index is 5.81. The van der Waals surface area contributed by atoms with E-state index in [1.165, 1.54) is 136 Å². The zero-order valence-electron chi connectivity index (χ0n) is 43.7. The zero-order chi connectivity index (χ0) is 50.1. The Kier molecular flexibility index (Phi) is 10.0. The van der Waals surface area contributed by atoms with Crippen LogP contribution in [0.5, 0.6) is 11.5 Å². The van der Waals surface area contributed by atoms with Gasteiger partial charge in [-0.25, -0.2) is 0 Å². The summed E-state index contributed by atoms with van der Waals surface area (Å²) in [6.45, 7) is 10.1. The molecule has 14 rings (SSSR count). The Labute approximate surface area is 436 Å². The third-order valence-electron chi connectivity index (χ3n) is 19.5. The molecule has 10 aromatic rings. The van der Waals surface area contributed by atoms with Gasteiger partial charge in [-0.2, -0.15) is 0 Å². The number of fused-ring (bicyclic) bond motifs is 6. The number of anilines is 4.